The van der Waals surface area contributed by atoms with Crippen molar-refractivity contribution < 1.29 is 58.6 Å². The summed E-state index contributed by atoms with van der Waals surface area (Å²) in [4.78, 5) is 50.3. The van der Waals surface area contributed by atoms with Gasteiger partial charge in [0, 0.05) is 23.3 Å². The number of fused-ring (bicyclic) bond motifs is 1. The fraction of sp³-hybridized carbons (Fsp3) is 0.455. The molecular weight excluding hydrogens is 479 g/mol. The molecule has 0 aromatic heterocycles. The van der Waals surface area contributed by atoms with E-state index in [4.69, 9.17) is 16.3 Å². The fourth-order valence-corrected chi connectivity index (χ4v) is 6.34. The van der Waals surface area contributed by atoms with Gasteiger partial charge < -0.3 is 20.0 Å². The van der Waals surface area contributed by atoms with Crippen molar-refractivity contribution in [3.63, 3.8) is 0 Å². The number of ether oxygens (including phenoxy) is 1. The molecule has 1 N–H and O–H groups in total. The quantitative estimate of drug-likeness (QED) is 0.276. The summed E-state index contributed by atoms with van der Waals surface area (Å²) in [6, 6.07) is 6.38. The molecular formula is C22H22ClN2NaO6S. The van der Waals surface area contributed by atoms with Crippen molar-refractivity contribution in [2.45, 2.75) is 49.4 Å². The van der Waals surface area contributed by atoms with E-state index in [2.05, 4.69) is 5.32 Å². The Kier molecular flexibility index (Phi) is 8.22. The number of amides is 2. The summed E-state index contributed by atoms with van der Waals surface area (Å²) in [5.74, 6) is -2.62. The number of esters is 1. The van der Waals surface area contributed by atoms with E-state index in [1.807, 2.05) is 12.1 Å². The number of carboxylic acids is 1. The molecule has 0 spiro atoms. The minimum absolute atomic E-state index is 0. The second-order valence-electron chi connectivity index (χ2n) is 8.15. The van der Waals surface area contributed by atoms with E-state index in [-0.39, 0.29) is 53.5 Å². The predicted octanol–water partition coefficient (Wildman–Crippen LogP) is -1.88. The van der Waals surface area contributed by atoms with Crippen molar-refractivity contribution in [2.24, 2.45) is 0 Å². The van der Waals surface area contributed by atoms with E-state index in [9.17, 15) is 24.3 Å². The first-order chi connectivity index (χ1) is 15.3. The van der Waals surface area contributed by atoms with Gasteiger partial charge >= 0.3 is 35.5 Å². The van der Waals surface area contributed by atoms with Crippen LogP contribution in [0.4, 0.5) is 0 Å². The van der Waals surface area contributed by atoms with Crippen LogP contribution in [0.15, 0.2) is 35.5 Å². The zero-order valence-electron chi connectivity index (χ0n) is 18.4. The molecule has 0 unspecified atom stereocenters. The summed E-state index contributed by atoms with van der Waals surface area (Å²) >= 11 is 7.72. The number of β-lactam (4-membered cyclic amide) rings is 1. The van der Waals surface area contributed by atoms with E-state index in [1.54, 1.807) is 12.1 Å². The average molecular weight is 501 g/mol. The van der Waals surface area contributed by atoms with Gasteiger partial charge in [0.05, 0.1) is 17.1 Å². The van der Waals surface area contributed by atoms with Crippen LogP contribution >= 0.6 is 23.4 Å². The van der Waals surface area contributed by atoms with Crippen LogP contribution in [-0.2, 0) is 29.3 Å². The number of nitrogens with zero attached hydrogens (tertiary/aromatic N) is 1. The number of thioether (sulfide) groups is 1. The Labute approximate surface area is 222 Å². The molecule has 1 aromatic carbocycles. The van der Waals surface area contributed by atoms with Crippen LogP contribution in [0.2, 0.25) is 5.02 Å². The summed E-state index contributed by atoms with van der Waals surface area (Å²) in [6.45, 7) is 0.991. The molecule has 2 fully saturated rings. The number of nitrogens with one attached hydrogen (secondary N) is 1. The molecule has 3 aliphatic rings. The zero-order valence-corrected chi connectivity index (χ0v) is 22.0. The molecule has 2 heterocycles. The molecule has 1 aromatic rings. The third kappa shape index (κ3) is 4.71. The maximum Gasteiger partial charge on any atom is 1.00 e. The number of rotatable bonds is 6. The van der Waals surface area contributed by atoms with Crippen molar-refractivity contribution in [1.29, 1.82) is 0 Å². The monoisotopic (exact) mass is 500 g/mol. The summed E-state index contributed by atoms with van der Waals surface area (Å²) in [5, 5.41) is 14.6. The normalized spacial score (nSPS) is 23.2. The van der Waals surface area contributed by atoms with E-state index in [1.165, 1.54) is 18.7 Å². The van der Waals surface area contributed by atoms with Gasteiger partial charge in [-0.15, -0.1) is 11.8 Å². The maximum absolute atomic E-state index is 13.5. The van der Waals surface area contributed by atoms with Gasteiger partial charge in [-0.25, -0.2) is 0 Å². The summed E-state index contributed by atoms with van der Waals surface area (Å²) in [7, 11) is 0. The molecule has 2 atom stereocenters. The van der Waals surface area contributed by atoms with Crippen molar-refractivity contribution in [1.82, 2.24) is 10.2 Å². The number of halogens is 1. The van der Waals surface area contributed by atoms with Gasteiger partial charge in [0.2, 0.25) is 5.91 Å². The number of benzene rings is 1. The molecule has 11 heteroatoms. The molecule has 0 radical (unpaired) electrons. The van der Waals surface area contributed by atoms with Crippen molar-refractivity contribution in [2.75, 3.05) is 12.4 Å². The van der Waals surface area contributed by atoms with Crippen molar-refractivity contribution in [3.8, 4) is 0 Å². The molecule has 2 aliphatic heterocycles. The molecule has 1 saturated heterocycles. The zero-order chi connectivity index (χ0) is 23.0. The Bertz CT molecular complexity index is 1030. The molecule has 0 bridgehead atoms. The van der Waals surface area contributed by atoms with Gasteiger partial charge in [0.1, 0.15) is 18.0 Å². The Morgan fingerprint density at radius 2 is 1.94 bits per heavy atom. The Morgan fingerprint density at radius 1 is 1.27 bits per heavy atom. The number of carbonyl (C=O) groups excluding carboxylic acids is 4. The first-order valence-electron chi connectivity index (χ1n) is 10.3. The predicted molar refractivity (Wildman–Crippen MR) is 115 cm³/mol. The maximum atomic E-state index is 13.5. The number of carbonyl (C=O) groups is 4. The van der Waals surface area contributed by atoms with Gasteiger partial charge in [-0.3, -0.25) is 19.3 Å². The summed E-state index contributed by atoms with van der Waals surface area (Å²) in [5.41, 5.74) is -0.0584. The first-order valence-corrected chi connectivity index (χ1v) is 11.8. The SMILES string of the molecule is CC(=O)OCC1=C(C(=O)[O-])N2C(=O)[C@H](NC(=O)C3(c4ccccc4Cl)CCCC3)[C@H]2SC1.[Na+]. The molecule has 1 aliphatic carbocycles. The van der Waals surface area contributed by atoms with Gasteiger partial charge in [0.25, 0.3) is 5.91 Å². The van der Waals surface area contributed by atoms with Crippen LogP contribution in [-0.4, -0.2) is 52.4 Å². The molecule has 1 saturated carbocycles. The second-order valence-corrected chi connectivity index (χ2v) is 9.66. The van der Waals surface area contributed by atoms with Gasteiger partial charge in [-0.1, -0.05) is 42.6 Å². The number of hydrogen-bond acceptors (Lipinski definition) is 7. The Balaban J connectivity index is 0.00000306. The number of aliphatic carboxylic acids is 1. The minimum atomic E-state index is -1.51. The van der Waals surface area contributed by atoms with Crippen LogP contribution in [0.3, 0.4) is 0 Å². The summed E-state index contributed by atoms with van der Waals surface area (Å²) < 4.78 is 4.92. The fourth-order valence-electron chi connectivity index (χ4n) is 4.70. The van der Waals surface area contributed by atoms with Gasteiger partial charge in [-0.2, -0.15) is 0 Å². The molecule has 8 nitrogen and oxygen atoms in total. The topological polar surface area (TPSA) is 116 Å². The van der Waals surface area contributed by atoms with E-state index < -0.39 is 34.7 Å². The second kappa shape index (κ2) is 10.4. The van der Waals surface area contributed by atoms with E-state index >= 15 is 0 Å². The third-order valence-electron chi connectivity index (χ3n) is 6.26. The van der Waals surface area contributed by atoms with E-state index in [0.29, 0.717) is 23.4 Å². The van der Waals surface area contributed by atoms with Crippen LogP contribution in [0, 0.1) is 0 Å². The minimum Gasteiger partial charge on any atom is -0.543 e. The number of hydrogen-bond donors (Lipinski definition) is 1. The van der Waals surface area contributed by atoms with Crippen LogP contribution < -0.4 is 40.0 Å². The van der Waals surface area contributed by atoms with Gasteiger partial charge in [0.15, 0.2) is 0 Å². The van der Waals surface area contributed by atoms with Crippen LogP contribution in [0.25, 0.3) is 0 Å². The molecule has 170 valence electrons. The van der Waals surface area contributed by atoms with E-state index in [0.717, 1.165) is 23.3 Å². The third-order valence-corrected chi connectivity index (χ3v) is 7.93. The Morgan fingerprint density at radius 3 is 2.55 bits per heavy atom. The van der Waals surface area contributed by atoms with Crippen LogP contribution in [0.5, 0.6) is 0 Å². The van der Waals surface area contributed by atoms with Crippen molar-refractivity contribution in [3.05, 3.63) is 46.1 Å². The van der Waals surface area contributed by atoms with Crippen LogP contribution in [0.1, 0.15) is 38.2 Å². The Hall–Kier alpha value is -1.52. The van der Waals surface area contributed by atoms with Gasteiger partial charge in [-0.05, 0) is 24.5 Å². The first kappa shape index (κ1) is 26.1. The molecule has 4 rings (SSSR count). The molecule has 33 heavy (non-hydrogen) atoms. The smallest absolute Gasteiger partial charge is 0.543 e. The standard InChI is InChI=1S/C22H23ClN2O6S.Na/c1-12(26)31-10-13-11-32-19-16(18(27)25(19)17(13)20(28)29)24-21(30)22(8-4-5-9-22)14-6-2-3-7-15(14)23;/h2-3,6-7,16,19H,4-5,8-11H2,1H3,(H,24,30)(H,28,29);/q;+1/p-1/t16-,19+;/m0./s1. The average Bonchev–Trinajstić information content (AvgIpc) is 3.26. The largest absolute Gasteiger partial charge is 1.00 e. The van der Waals surface area contributed by atoms with Crippen molar-refractivity contribution >= 4 is 47.1 Å². The summed E-state index contributed by atoms with van der Waals surface area (Å²) in [6.07, 6.45) is 3.00. The number of carboxylic acid groups (broad SMARTS) is 1. The molecule has 2 amide bonds.